The Hall–Kier alpha value is -0.840. The molecule has 5 heteroatoms. The minimum Gasteiger partial charge on any atom is -0.259 e. The van der Waals surface area contributed by atoms with E-state index in [1.165, 1.54) is 17.1 Å². The fourth-order valence-electron chi connectivity index (χ4n) is 0.744. The van der Waals surface area contributed by atoms with E-state index in [1.807, 2.05) is 0 Å². The maximum atomic E-state index is 11.1. The van der Waals surface area contributed by atoms with E-state index in [9.17, 15) is 4.21 Å². The minimum atomic E-state index is -2.59. The van der Waals surface area contributed by atoms with E-state index in [4.69, 9.17) is 4.78 Å². The highest BCUT2D eigenvalue weighted by molar-refractivity contribution is 7.91. The van der Waals surface area contributed by atoms with Crippen molar-refractivity contribution in [1.29, 1.82) is 4.78 Å². The average molecular weight is 159 g/mol. The van der Waals surface area contributed by atoms with Gasteiger partial charge in [0.25, 0.3) is 0 Å². The Morgan fingerprint density at radius 3 is 2.60 bits per heavy atom. The summed E-state index contributed by atoms with van der Waals surface area (Å²) < 4.78 is 19.7. The van der Waals surface area contributed by atoms with Crippen LogP contribution in [0.15, 0.2) is 17.3 Å². The third-order valence-electron chi connectivity index (χ3n) is 1.18. The average Bonchev–Trinajstić information content (AvgIpc) is 2.11. The third kappa shape index (κ3) is 1.18. The Labute approximate surface area is 59.8 Å². The van der Waals surface area contributed by atoms with Crippen molar-refractivity contribution in [3.63, 3.8) is 0 Å². The SMILES string of the molecule is Cn1nccc1S(C)(=N)=O. The predicted molar refractivity (Wildman–Crippen MR) is 38.3 cm³/mol. The number of nitrogens with one attached hydrogen (secondary N) is 1. The molecule has 0 saturated carbocycles. The van der Waals surface area contributed by atoms with Gasteiger partial charge in [0.15, 0.2) is 0 Å². The van der Waals surface area contributed by atoms with Crippen molar-refractivity contribution in [1.82, 2.24) is 9.78 Å². The lowest BCUT2D eigenvalue weighted by Gasteiger charge is -1.98. The first-order chi connectivity index (χ1) is 4.52. The molecule has 1 rings (SSSR count). The maximum absolute atomic E-state index is 11.1. The summed E-state index contributed by atoms with van der Waals surface area (Å²) in [6, 6.07) is 1.59. The molecule has 4 nitrogen and oxygen atoms in total. The zero-order valence-electron chi connectivity index (χ0n) is 5.87. The van der Waals surface area contributed by atoms with E-state index < -0.39 is 9.73 Å². The summed E-state index contributed by atoms with van der Waals surface area (Å²) in [5.74, 6) is 0. The molecular weight excluding hydrogens is 150 g/mol. The summed E-state index contributed by atoms with van der Waals surface area (Å²) >= 11 is 0. The van der Waals surface area contributed by atoms with E-state index in [-0.39, 0.29) is 0 Å². The summed E-state index contributed by atoms with van der Waals surface area (Å²) in [7, 11) is -0.916. The van der Waals surface area contributed by atoms with Gasteiger partial charge in [-0.3, -0.25) is 4.68 Å². The van der Waals surface area contributed by atoms with Gasteiger partial charge in [-0.05, 0) is 6.07 Å². The molecule has 1 unspecified atom stereocenters. The predicted octanol–water partition coefficient (Wildman–Crippen LogP) is 0.456. The molecule has 1 aromatic rings. The Bertz CT molecular complexity index is 324. The van der Waals surface area contributed by atoms with Gasteiger partial charge in [-0.1, -0.05) is 0 Å². The third-order valence-corrected chi connectivity index (χ3v) is 2.37. The van der Waals surface area contributed by atoms with Crippen LogP contribution in [0.3, 0.4) is 0 Å². The summed E-state index contributed by atoms with van der Waals surface area (Å²) in [6.07, 6.45) is 2.91. The summed E-state index contributed by atoms with van der Waals surface area (Å²) in [5, 5.41) is 4.27. The Morgan fingerprint density at radius 2 is 2.40 bits per heavy atom. The first-order valence-electron chi connectivity index (χ1n) is 2.73. The lowest BCUT2D eigenvalue weighted by atomic mass is 10.7. The van der Waals surface area contributed by atoms with Crippen LogP contribution in [0.5, 0.6) is 0 Å². The van der Waals surface area contributed by atoms with Crippen LogP contribution < -0.4 is 0 Å². The Kier molecular flexibility index (Phi) is 1.52. The fraction of sp³-hybridized carbons (Fsp3) is 0.400. The number of rotatable bonds is 1. The number of aryl methyl sites for hydroxylation is 1. The van der Waals surface area contributed by atoms with E-state index in [0.717, 1.165) is 0 Å². The molecule has 0 fully saturated rings. The van der Waals surface area contributed by atoms with Gasteiger partial charge in [0, 0.05) is 13.3 Å². The molecule has 0 spiro atoms. The van der Waals surface area contributed by atoms with Gasteiger partial charge >= 0.3 is 0 Å². The zero-order chi connectivity index (χ0) is 7.78. The highest BCUT2D eigenvalue weighted by Crippen LogP contribution is 2.05. The van der Waals surface area contributed by atoms with Gasteiger partial charge in [0.1, 0.15) is 5.03 Å². The molecule has 0 aliphatic heterocycles. The van der Waals surface area contributed by atoms with Crippen LogP contribution in [0, 0.1) is 4.78 Å². The molecule has 0 radical (unpaired) electrons. The first kappa shape index (κ1) is 7.27. The number of hydrogen-bond acceptors (Lipinski definition) is 3. The molecule has 0 bridgehead atoms. The van der Waals surface area contributed by atoms with Crippen molar-refractivity contribution in [2.24, 2.45) is 7.05 Å². The molecular formula is C5H9N3OS. The second kappa shape index (κ2) is 2.09. The van der Waals surface area contributed by atoms with Crippen LogP contribution in [0.2, 0.25) is 0 Å². The normalized spacial score (nSPS) is 16.6. The van der Waals surface area contributed by atoms with Crippen LogP contribution in [-0.4, -0.2) is 20.2 Å². The van der Waals surface area contributed by atoms with E-state index in [1.54, 1.807) is 13.1 Å². The van der Waals surface area contributed by atoms with Crippen molar-refractivity contribution in [2.45, 2.75) is 5.03 Å². The molecule has 1 N–H and O–H groups in total. The lowest BCUT2D eigenvalue weighted by molar-refractivity contribution is 0.648. The van der Waals surface area contributed by atoms with Gasteiger partial charge in [-0.2, -0.15) is 5.10 Å². The van der Waals surface area contributed by atoms with Crippen molar-refractivity contribution >= 4 is 9.73 Å². The molecule has 0 aliphatic carbocycles. The Balaban J connectivity index is 3.32. The maximum Gasteiger partial charge on any atom is 0.132 e. The van der Waals surface area contributed by atoms with Gasteiger partial charge in [-0.15, -0.1) is 0 Å². The van der Waals surface area contributed by atoms with Crippen LogP contribution >= 0.6 is 0 Å². The van der Waals surface area contributed by atoms with Gasteiger partial charge in [-0.25, -0.2) is 8.99 Å². The van der Waals surface area contributed by atoms with Gasteiger partial charge in [0.2, 0.25) is 0 Å². The minimum absolute atomic E-state index is 0.465. The summed E-state index contributed by atoms with van der Waals surface area (Å²) in [5.41, 5.74) is 0. The quantitative estimate of drug-likeness (QED) is 0.647. The highest BCUT2D eigenvalue weighted by atomic mass is 32.2. The van der Waals surface area contributed by atoms with Crippen molar-refractivity contribution in [3.8, 4) is 0 Å². The molecule has 56 valence electrons. The molecule has 0 aliphatic rings. The molecule has 1 heterocycles. The lowest BCUT2D eigenvalue weighted by Crippen LogP contribution is -2.03. The second-order valence-electron chi connectivity index (χ2n) is 2.14. The molecule has 0 aromatic carbocycles. The van der Waals surface area contributed by atoms with E-state index in [2.05, 4.69) is 5.10 Å². The summed E-state index contributed by atoms with van der Waals surface area (Å²) in [6.45, 7) is 0. The van der Waals surface area contributed by atoms with Gasteiger partial charge in [0.05, 0.1) is 15.9 Å². The van der Waals surface area contributed by atoms with E-state index >= 15 is 0 Å². The smallest absolute Gasteiger partial charge is 0.132 e. The van der Waals surface area contributed by atoms with Crippen LogP contribution in [0.4, 0.5) is 0 Å². The molecule has 10 heavy (non-hydrogen) atoms. The summed E-state index contributed by atoms with van der Waals surface area (Å²) in [4.78, 5) is 0. The van der Waals surface area contributed by atoms with E-state index in [0.29, 0.717) is 5.03 Å². The largest absolute Gasteiger partial charge is 0.259 e. The molecule has 0 amide bonds. The highest BCUT2D eigenvalue weighted by Gasteiger charge is 2.05. The Morgan fingerprint density at radius 1 is 1.80 bits per heavy atom. The van der Waals surface area contributed by atoms with Crippen molar-refractivity contribution in [3.05, 3.63) is 12.3 Å². The van der Waals surface area contributed by atoms with Crippen LogP contribution in [0.25, 0.3) is 0 Å². The standard InChI is InChI=1S/C5H9N3OS/c1-8-5(3-4-7-8)10(2,6)9/h3-4,6H,1-2H3. The van der Waals surface area contributed by atoms with Crippen molar-refractivity contribution < 1.29 is 4.21 Å². The van der Waals surface area contributed by atoms with Gasteiger partial charge < -0.3 is 0 Å². The fourth-order valence-corrected chi connectivity index (χ4v) is 1.62. The first-order valence-corrected chi connectivity index (χ1v) is 4.70. The van der Waals surface area contributed by atoms with Crippen LogP contribution in [-0.2, 0) is 16.8 Å². The van der Waals surface area contributed by atoms with Crippen LogP contribution in [0.1, 0.15) is 0 Å². The molecule has 1 aromatic heterocycles. The van der Waals surface area contributed by atoms with Crippen molar-refractivity contribution in [2.75, 3.05) is 6.26 Å². The molecule has 0 saturated heterocycles. The number of nitrogens with zero attached hydrogens (tertiary/aromatic N) is 2. The number of aromatic nitrogens is 2. The number of hydrogen-bond donors (Lipinski definition) is 1. The monoisotopic (exact) mass is 159 g/mol. The molecule has 1 atom stereocenters. The zero-order valence-corrected chi connectivity index (χ0v) is 6.68. The topological polar surface area (TPSA) is 58.7 Å². The second-order valence-corrected chi connectivity index (χ2v) is 4.24.